The standard InChI is InChI=1S/C20H20N2O3S2/c1-15-6-8-16(9-7-15)13-26-14-20(24)25-12-19(23)22-17-4-2-3-5-18(17)27-11-10-21/h2-9H,11-14H2,1H3,(H,22,23). The minimum absolute atomic E-state index is 0.190. The third kappa shape index (κ3) is 7.77. The van der Waals surface area contributed by atoms with E-state index in [1.54, 1.807) is 12.1 Å². The molecular weight excluding hydrogens is 380 g/mol. The Balaban J connectivity index is 1.71. The summed E-state index contributed by atoms with van der Waals surface area (Å²) in [6.45, 7) is 1.70. The Morgan fingerprint density at radius 3 is 2.63 bits per heavy atom. The lowest BCUT2D eigenvalue weighted by Crippen LogP contribution is -2.22. The average molecular weight is 401 g/mol. The van der Waals surface area contributed by atoms with E-state index in [2.05, 4.69) is 5.32 Å². The lowest BCUT2D eigenvalue weighted by atomic mass is 10.2. The quantitative estimate of drug-likeness (QED) is 0.506. The second-order valence-corrected chi connectivity index (χ2v) is 7.63. The van der Waals surface area contributed by atoms with Crippen molar-refractivity contribution in [2.45, 2.75) is 17.6 Å². The Morgan fingerprint density at radius 1 is 1.15 bits per heavy atom. The van der Waals surface area contributed by atoms with E-state index >= 15 is 0 Å². The van der Waals surface area contributed by atoms with Crippen LogP contribution in [0.2, 0.25) is 0 Å². The molecule has 0 aliphatic rings. The number of anilines is 1. The molecule has 7 heteroatoms. The van der Waals surface area contributed by atoms with E-state index in [0.29, 0.717) is 17.2 Å². The second-order valence-electron chi connectivity index (χ2n) is 5.63. The van der Waals surface area contributed by atoms with Gasteiger partial charge in [0.1, 0.15) is 0 Å². The molecule has 0 unspecified atom stereocenters. The van der Waals surface area contributed by atoms with Crippen LogP contribution in [0.25, 0.3) is 0 Å². The van der Waals surface area contributed by atoms with Crippen LogP contribution in [-0.4, -0.2) is 30.0 Å². The number of para-hydroxylation sites is 1. The van der Waals surface area contributed by atoms with Crippen LogP contribution in [-0.2, 0) is 20.1 Å². The summed E-state index contributed by atoms with van der Waals surface area (Å²) >= 11 is 2.78. The molecule has 1 N–H and O–H groups in total. The Morgan fingerprint density at radius 2 is 1.89 bits per heavy atom. The zero-order valence-corrected chi connectivity index (χ0v) is 16.6. The summed E-state index contributed by atoms with van der Waals surface area (Å²) in [6.07, 6.45) is 0. The van der Waals surface area contributed by atoms with Gasteiger partial charge in [-0.05, 0) is 24.6 Å². The van der Waals surface area contributed by atoms with Gasteiger partial charge in [0.25, 0.3) is 5.91 Å². The van der Waals surface area contributed by atoms with Gasteiger partial charge in [-0.2, -0.15) is 5.26 Å². The van der Waals surface area contributed by atoms with Crippen molar-refractivity contribution in [1.29, 1.82) is 5.26 Å². The van der Waals surface area contributed by atoms with Crippen molar-refractivity contribution >= 4 is 41.1 Å². The molecule has 2 rings (SSSR count). The molecule has 0 aromatic heterocycles. The minimum atomic E-state index is -0.422. The van der Waals surface area contributed by atoms with E-state index in [1.807, 2.05) is 49.4 Å². The molecule has 5 nitrogen and oxygen atoms in total. The topological polar surface area (TPSA) is 79.2 Å². The Kier molecular flexibility index (Phi) is 8.75. The molecule has 2 aromatic rings. The van der Waals surface area contributed by atoms with E-state index in [9.17, 15) is 9.59 Å². The number of hydrogen-bond donors (Lipinski definition) is 1. The summed E-state index contributed by atoms with van der Waals surface area (Å²) in [4.78, 5) is 24.6. The van der Waals surface area contributed by atoms with Crippen LogP contribution < -0.4 is 5.32 Å². The van der Waals surface area contributed by atoms with Crippen molar-refractivity contribution in [3.05, 3.63) is 59.7 Å². The Labute approximate surface area is 167 Å². The van der Waals surface area contributed by atoms with Gasteiger partial charge in [-0.1, -0.05) is 42.0 Å². The van der Waals surface area contributed by atoms with E-state index < -0.39 is 11.9 Å². The third-order valence-electron chi connectivity index (χ3n) is 3.43. The number of nitrogens with one attached hydrogen (secondary N) is 1. The zero-order valence-electron chi connectivity index (χ0n) is 14.9. The lowest BCUT2D eigenvalue weighted by molar-refractivity contribution is -0.144. The van der Waals surface area contributed by atoms with Gasteiger partial charge < -0.3 is 10.1 Å². The zero-order chi connectivity index (χ0) is 19.5. The molecule has 1 amide bonds. The number of aryl methyl sites for hydroxylation is 1. The van der Waals surface area contributed by atoms with Crippen molar-refractivity contribution in [2.24, 2.45) is 0 Å². The molecule has 0 radical (unpaired) electrons. The largest absolute Gasteiger partial charge is 0.455 e. The van der Waals surface area contributed by atoms with Crippen LogP contribution in [0.5, 0.6) is 0 Å². The molecule has 0 spiro atoms. The first-order valence-electron chi connectivity index (χ1n) is 8.26. The van der Waals surface area contributed by atoms with Crippen molar-refractivity contribution in [3.8, 4) is 6.07 Å². The molecule has 0 heterocycles. The normalized spacial score (nSPS) is 10.1. The number of amides is 1. The van der Waals surface area contributed by atoms with Crippen LogP contribution in [0.3, 0.4) is 0 Å². The van der Waals surface area contributed by atoms with Crippen LogP contribution in [0.15, 0.2) is 53.4 Å². The molecular formula is C20H20N2O3S2. The Bertz CT molecular complexity index is 817. The smallest absolute Gasteiger partial charge is 0.316 e. The summed E-state index contributed by atoms with van der Waals surface area (Å²) in [7, 11) is 0. The monoisotopic (exact) mass is 400 g/mol. The van der Waals surface area contributed by atoms with Gasteiger partial charge in [0.2, 0.25) is 0 Å². The molecule has 0 saturated heterocycles. The fourth-order valence-corrected chi connectivity index (χ4v) is 3.57. The number of benzene rings is 2. The maximum atomic E-state index is 12.0. The van der Waals surface area contributed by atoms with Gasteiger partial charge in [-0.15, -0.1) is 23.5 Å². The van der Waals surface area contributed by atoms with E-state index in [1.165, 1.54) is 29.1 Å². The SMILES string of the molecule is Cc1ccc(CSCC(=O)OCC(=O)Nc2ccccc2SCC#N)cc1. The van der Waals surface area contributed by atoms with Crippen LogP contribution in [0.1, 0.15) is 11.1 Å². The number of nitrogens with zero attached hydrogens (tertiary/aromatic N) is 1. The van der Waals surface area contributed by atoms with Gasteiger partial charge in [0.05, 0.1) is 23.3 Å². The Hall–Kier alpha value is -2.43. The second kappa shape index (κ2) is 11.3. The first-order valence-corrected chi connectivity index (χ1v) is 10.4. The summed E-state index contributed by atoms with van der Waals surface area (Å²) in [5, 5.41) is 11.4. The molecule has 0 atom stereocenters. The number of thioether (sulfide) groups is 2. The highest BCUT2D eigenvalue weighted by atomic mass is 32.2. The molecule has 0 aliphatic carbocycles. The average Bonchev–Trinajstić information content (AvgIpc) is 2.67. The van der Waals surface area contributed by atoms with Crippen molar-refractivity contribution < 1.29 is 14.3 Å². The molecule has 0 aliphatic heterocycles. The fourth-order valence-electron chi connectivity index (χ4n) is 2.12. The summed E-state index contributed by atoms with van der Waals surface area (Å²) in [5.41, 5.74) is 2.94. The van der Waals surface area contributed by atoms with Gasteiger partial charge >= 0.3 is 5.97 Å². The van der Waals surface area contributed by atoms with Crippen molar-refractivity contribution in [2.75, 3.05) is 23.4 Å². The number of rotatable bonds is 9. The molecule has 140 valence electrons. The summed E-state index contributed by atoms with van der Waals surface area (Å²) in [6, 6.07) is 17.4. The number of nitriles is 1. The summed E-state index contributed by atoms with van der Waals surface area (Å²) < 4.78 is 5.02. The number of hydrogen-bond acceptors (Lipinski definition) is 6. The van der Waals surface area contributed by atoms with Gasteiger partial charge in [-0.25, -0.2) is 0 Å². The number of ether oxygens (including phenoxy) is 1. The fraction of sp³-hybridized carbons (Fsp3) is 0.250. The highest BCUT2D eigenvalue weighted by molar-refractivity contribution is 7.99. The maximum absolute atomic E-state index is 12.0. The highest BCUT2D eigenvalue weighted by Crippen LogP contribution is 2.26. The van der Waals surface area contributed by atoms with Crippen molar-refractivity contribution in [3.63, 3.8) is 0 Å². The molecule has 0 bridgehead atoms. The van der Waals surface area contributed by atoms with Gasteiger partial charge in [0.15, 0.2) is 6.61 Å². The van der Waals surface area contributed by atoms with Crippen LogP contribution in [0, 0.1) is 18.3 Å². The first-order chi connectivity index (χ1) is 13.1. The van der Waals surface area contributed by atoms with Crippen molar-refractivity contribution in [1.82, 2.24) is 0 Å². The minimum Gasteiger partial charge on any atom is -0.455 e. The first kappa shape index (κ1) is 20.9. The number of carbonyl (C=O) groups is 2. The molecule has 27 heavy (non-hydrogen) atoms. The lowest BCUT2D eigenvalue weighted by Gasteiger charge is -2.10. The predicted molar refractivity (Wildman–Crippen MR) is 110 cm³/mol. The van der Waals surface area contributed by atoms with E-state index in [4.69, 9.17) is 10.00 Å². The van der Waals surface area contributed by atoms with E-state index in [-0.39, 0.29) is 12.4 Å². The van der Waals surface area contributed by atoms with Crippen LogP contribution >= 0.6 is 23.5 Å². The molecule has 2 aromatic carbocycles. The highest BCUT2D eigenvalue weighted by Gasteiger charge is 2.10. The predicted octanol–water partition coefficient (Wildman–Crippen LogP) is 4.03. The third-order valence-corrected chi connectivity index (χ3v) is 5.34. The van der Waals surface area contributed by atoms with Gasteiger partial charge in [-0.3, -0.25) is 9.59 Å². The van der Waals surface area contributed by atoms with E-state index in [0.717, 1.165) is 10.5 Å². The van der Waals surface area contributed by atoms with Crippen LogP contribution in [0.4, 0.5) is 5.69 Å². The number of carbonyl (C=O) groups excluding carboxylic acids is 2. The van der Waals surface area contributed by atoms with Gasteiger partial charge in [0, 0.05) is 10.6 Å². The maximum Gasteiger partial charge on any atom is 0.316 e. The molecule has 0 fully saturated rings. The summed E-state index contributed by atoms with van der Waals surface area (Å²) in [5.74, 6) is 0.368. The number of esters is 1. The molecule has 0 saturated carbocycles.